The normalized spacial score (nSPS) is 22.5. The predicted octanol–water partition coefficient (Wildman–Crippen LogP) is 6.88. The second-order valence-corrected chi connectivity index (χ2v) is 9.36. The van der Waals surface area contributed by atoms with Gasteiger partial charge < -0.3 is 14.2 Å². The van der Waals surface area contributed by atoms with Gasteiger partial charge in [-0.1, -0.05) is 6.92 Å². The average Bonchev–Trinajstić information content (AvgIpc) is 2.61. The first-order valence-corrected chi connectivity index (χ1v) is 10.3. The van der Waals surface area contributed by atoms with Crippen molar-refractivity contribution in [2.45, 2.75) is 103 Å². The molecular weight excluding hydrogens is 491 g/mol. The summed E-state index contributed by atoms with van der Waals surface area (Å²) in [5, 5.41) is 0. The van der Waals surface area contributed by atoms with E-state index in [1.165, 1.54) is 20.8 Å². The van der Waals surface area contributed by atoms with Crippen LogP contribution in [0.3, 0.4) is 0 Å². The summed E-state index contributed by atoms with van der Waals surface area (Å²) in [6.45, 7) is 5.31. The van der Waals surface area contributed by atoms with Crippen molar-refractivity contribution in [1.29, 1.82) is 0 Å². The quantitative estimate of drug-likeness (QED) is 0.293. The van der Waals surface area contributed by atoms with Gasteiger partial charge in [-0.25, -0.2) is 4.79 Å². The Hall–Kier alpha value is -1.89. The minimum atomic E-state index is -6.09. The third kappa shape index (κ3) is 6.21. The lowest BCUT2D eigenvalue weighted by Crippen LogP contribution is -2.65. The molecule has 200 valence electrons. The molecule has 1 unspecified atom stereocenters. The van der Waals surface area contributed by atoms with Crippen LogP contribution >= 0.6 is 0 Å². The Morgan fingerprint density at radius 3 is 1.50 bits per heavy atom. The van der Waals surface area contributed by atoms with Gasteiger partial charge >= 0.3 is 36.3 Å². The molecule has 14 heteroatoms. The molecule has 1 rings (SSSR count). The smallest absolute Gasteiger partial charge is 0.462 e. The monoisotopic (exact) mass is 518 g/mol. The first-order valence-electron chi connectivity index (χ1n) is 10.3. The lowest BCUT2D eigenvalue weighted by Gasteiger charge is -2.44. The van der Waals surface area contributed by atoms with Gasteiger partial charge in [0.2, 0.25) is 0 Å². The van der Waals surface area contributed by atoms with Gasteiger partial charge in [-0.15, -0.1) is 0 Å². The number of rotatable bonds is 5. The standard InChI is InChI=1S/C20H27F9O5/c1-6-16(5,18(21,22)23)13(30)32-12-9-7-11(8-10-12)17(19(24,25)26,20(27,28)29)34-14(31)33-15(2,3)4/h11-12H,6-10H2,1-5H3. The summed E-state index contributed by atoms with van der Waals surface area (Å²) in [6.07, 6.45) is -24.3. The van der Waals surface area contributed by atoms with Gasteiger partial charge in [-0.2, -0.15) is 39.5 Å². The minimum absolute atomic E-state index is 0.591. The zero-order chi connectivity index (χ0) is 27.0. The van der Waals surface area contributed by atoms with Gasteiger partial charge in [0.15, 0.2) is 5.41 Å². The van der Waals surface area contributed by atoms with Crippen LogP contribution in [0.25, 0.3) is 0 Å². The van der Waals surface area contributed by atoms with Crippen molar-refractivity contribution in [3.05, 3.63) is 0 Å². The fourth-order valence-corrected chi connectivity index (χ4v) is 3.55. The number of ether oxygens (including phenoxy) is 3. The molecule has 5 nitrogen and oxygen atoms in total. The van der Waals surface area contributed by atoms with E-state index >= 15 is 0 Å². The van der Waals surface area contributed by atoms with Crippen LogP contribution in [0.1, 0.15) is 66.7 Å². The number of carbonyl (C=O) groups excluding carboxylic acids is 2. The summed E-state index contributed by atoms with van der Waals surface area (Å²) >= 11 is 0. The maximum absolute atomic E-state index is 13.8. The molecule has 1 atom stereocenters. The number of esters is 1. The summed E-state index contributed by atoms with van der Waals surface area (Å²) in [4.78, 5) is 23.9. The average molecular weight is 518 g/mol. The lowest BCUT2D eigenvalue weighted by molar-refractivity contribution is -0.388. The predicted molar refractivity (Wildman–Crippen MR) is 98.5 cm³/mol. The van der Waals surface area contributed by atoms with Crippen molar-refractivity contribution in [3.63, 3.8) is 0 Å². The van der Waals surface area contributed by atoms with Gasteiger partial charge in [-0.3, -0.25) is 4.79 Å². The lowest BCUT2D eigenvalue weighted by atomic mass is 9.74. The molecule has 0 N–H and O–H groups in total. The van der Waals surface area contributed by atoms with Crippen molar-refractivity contribution in [2.75, 3.05) is 0 Å². The second-order valence-electron chi connectivity index (χ2n) is 9.36. The van der Waals surface area contributed by atoms with E-state index in [0.717, 1.165) is 6.92 Å². The molecule has 0 aromatic heterocycles. The van der Waals surface area contributed by atoms with Gasteiger partial charge in [-0.05, 0) is 59.8 Å². The molecule has 0 saturated heterocycles. The highest BCUT2D eigenvalue weighted by Gasteiger charge is 2.77. The Morgan fingerprint density at radius 2 is 1.18 bits per heavy atom. The summed E-state index contributed by atoms with van der Waals surface area (Å²) < 4.78 is 136. The Kier molecular flexibility index (Phi) is 8.54. The highest BCUT2D eigenvalue weighted by atomic mass is 19.4. The zero-order valence-corrected chi connectivity index (χ0v) is 19.1. The fourth-order valence-electron chi connectivity index (χ4n) is 3.55. The molecule has 0 radical (unpaired) electrons. The van der Waals surface area contributed by atoms with Gasteiger partial charge in [0.1, 0.15) is 11.7 Å². The van der Waals surface area contributed by atoms with Crippen LogP contribution in [0, 0.1) is 11.3 Å². The largest absolute Gasteiger partial charge is 0.510 e. The third-order valence-corrected chi connectivity index (χ3v) is 5.78. The minimum Gasteiger partial charge on any atom is -0.462 e. The summed E-state index contributed by atoms with van der Waals surface area (Å²) in [5.74, 6) is -4.01. The first kappa shape index (κ1) is 30.1. The molecule has 0 amide bonds. The molecule has 0 heterocycles. The second kappa shape index (κ2) is 9.63. The van der Waals surface area contributed by atoms with Crippen molar-refractivity contribution in [2.24, 2.45) is 11.3 Å². The molecule has 1 aliphatic carbocycles. The van der Waals surface area contributed by atoms with E-state index < -0.39 is 91.4 Å². The van der Waals surface area contributed by atoms with Crippen LogP contribution in [0.5, 0.6) is 0 Å². The van der Waals surface area contributed by atoms with Crippen molar-refractivity contribution >= 4 is 12.1 Å². The molecular formula is C20H27F9O5. The van der Waals surface area contributed by atoms with E-state index in [1.807, 2.05) is 0 Å². The first-order chi connectivity index (χ1) is 15.0. The number of alkyl halides is 9. The molecule has 34 heavy (non-hydrogen) atoms. The topological polar surface area (TPSA) is 61.8 Å². The third-order valence-electron chi connectivity index (χ3n) is 5.78. The molecule has 0 aromatic carbocycles. The van der Waals surface area contributed by atoms with Gasteiger partial charge in [0, 0.05) is 5.92 Å². The highest BCUT2D eigenvalue weighted by Crippen LogP contribution is 2.54. The number of halogens is 9. The van der Waals surface area contributed by atoms with Crippen molar-refractivity contribution in [1.82, 2.24) is 0 Å². The van der Waals surface area contributed by atoms with Crippen LogP contribution in [0.2, 0.25) is 0 Å². The Morgan fingerprint density at radius 1 is 0.735 bits per heavy atom. The number of carbonyl (C=O) groups is 2. The number of hydrogen-bond acceptors (Lipinski definition) is 5. The Balaban J connectivity index is 3.15. The SMILES string of the molecule is CCC(C)(C(=O)OC1CCC(C(OC(=O)OC(C)(C)C)(C(F)(F)F)C(F)(F)F)CC1)C(F)(F)F. The maximum atomic E-state index is 13.8. The Bertz CT molecular complexity index is 715. The summed E-state index contributed by atoms with van der Waals surface area (Å²) in [6, 6.07) is 0. The summed E-state index contributed by atoms with van der Waals surface area (Å²) in [7, 11) is 0. The van der Waals surface area contributed by atoms with Crippen LogP contribution in [-0.2, 0) is 19.0 Å². The highest BCUT2D eigenvalue weighted by molar-refractivity contribution is 5.77. The van der Waals surface area contributed by atoms with Crippen LogP contribution in [0.15, 0.2) is 0 Å². The fraction of sp³-hybridized carbons (Fsp3) is 0.900. The van der Waals surface area contributed by atoms with Crippen LogP contribution in [-0.4, -0.2) is 48.0 Å². The van der Waals surface area contributed by atoms with Crippen LogP contribution < -0.4 is 0 Å². The molecule has 0 aromatic rings. The van der Waals surface area contributed by atoms with Crippen molar-refractivity contribution in [3.8, 4) is 0 Å². The molecule has 1 fully saturated rings. The van der Waals surface area contributed by atoms with E-state index in [4.69, 9.17) is 4.74 Å². The molecule has 1 saturated carbocycles. The number of hydrogen-bond donors (Lipinski definition) is 0. The Labute approximate surface area is 190 Å². The zero-order valence-electron chi connectivity index (χ0n) is 19.1. The van der Waals surface area contributed by atoms with E-state index in [2.05, 4.69) is 9.47 Å². The molecule has 1 aliphatic rings. The maximum Gasteiger partial charge on any atom is 0.510 e. The van der Waals surface area contributed by atoms with E-state index in [9.17, 15) is 49.1 Å². The van der Waals surface area contributed by atoms with Gasteiger partial charge in [0.05, 0.1) is 0 Å². The van der Waals surface area contributed by atoms with E-state index in [1.54, 1.807) is 0 Å². The molecule has 0 aliphatic heterocycles. The van der Waals surface area contributed by atoms with Crippen LogP contribution in [0.4, 0.5) is 44.3 Å². The van der Waals surface area contributed by atoms with Crippen molar-refractivity contribution < 1.29 is 63.3 Å². The molecule has 0 bridgehead atoms. The van der Waals surface area contributed by atoms with E-state index in [-0.39, 0.29) is 0 Å². The summed E-state index contributed by atoms with van der Waals surface area (Å²) in [5.41, 5.74) is -9.25. The van der Waals surface area contributed by atoms with E-state index in [0.29, 0.717) is 6.92 Å². The van der Waals surface area contributed by atoms with Gasteiger partial charge in [0.25, 0.3) is 0 Å². The molecule has 0 spiro atoms.